The summed E-state index contributed by atoms with van der Waals surface area (Å²) in [6.45, 7) is 4.64. The van der Waals surface area contributed by atoms with E-state index in [0.29, 0.717) is 42.2 Å². The second-order valence-electron chi connectivity index (χ2n) is 9.11. The molecule has 2 aromatic rings. The Hall–Kier alpha value is -2.46. The molecule has 2 amide bonds. The van der Waals surface area contributed by atoms with Crippen LogP contribution in [0.3, 0.4) is 0 Å². The first-order valence-electron chi connectivity index (χ1n) is 11.9. The van der Waals surface area contributed by atoms with Crippen LogP contribution in [0.15, 0.2) is 53.4 Å². The van der Waals surface area contributed by atoms with Crippen molar-refractivity contribution in [3.8, 4) is 0 Å². The molecule has 0 spiro atoms. The number of hydrogen-bond acceptors (Lipinski definition) is 5. The van der Waals surface area contributed by atoms with Crippen molar-refractivity contribution in [2.24, 2.45) is 0 Å². The van der Waals surface area contributed by atoms with E-state index in [9.17, 15) is 18.0 Å². The molecule has 2 fully saturated rings. The maximum atomic E-state index is 13.7. The lowest BCUT2D eigenvalue weighted by Gasteiger charge is -2.32. The molecule has 2 aliphatic rings. The van der Waals surface area contributed by atoms with Gasteiger partial charge < -0.3 is 15.5 Å². The molecule has 0 aromatic heterocycles. The van der Waals surface area contributed by atoms with Gasteiger partial charge in [-0.25, -0.2) is 8.42 Å². The summed E-state index contributed by atoms with van der Waals surface area (Å²) in [6, 6.07) is 12.4. The van der Waals surface area contributed by atoms with Crippen LogP contribution in [0, 0.1) is 0 Å². The van der Waals surface area contributed by atoms with Crippen molar-refractivity contribution in [1.82, 2.24) is 19.8 Å². The topological polar surface area (TPSA) is 98.8 Å². The highest BCUT2D eigenvalue weighted by Gasteiger charge is 2.36. The molecule has 0 bridgehead atoms. The molecule has 2 atom stereocenters. The molecule has 0 saturated carbocycles. The normalized spacial score (nSPS) is 21.5. The fourth-order valence-electron chi connectivity index (χ4n) is 4.53. The summed E-state index contributed by atoms with van der Waals surface area (Å²) >= 11 is 5.96. The van der Waals surface area contributed by atoms with Crippen molar-refractivity contribution in [3.63, 3.8) is 0 Å². The molecule has 2 aliphatic heterocycles. The van der Waals surface area contributed by atoms with Crippen molar-refractivity contribution < 1.29 is 18.0 Å². The number of sulfonamides is 1. The van der Waals surface area contributed by atoms with Crippen molar-refractivity contribution in [2.45, 2.75) is 49.7 Å². The Morgan fingerprint density at radius 3 is 2.49 bits per heavy atom. The van der Waals surface area contributed by atoms with Crippen LogP contribution in [0.2, 0.25) is 5.02 Å². The van der Waals surface area contributed by atoms with E-state index in [2.05, 4.69) is 10.6 Å². The van der Waals surface area contributed by atoms with Gasteiger partial charge in [0.2, 0.25) is 15.9 Å². The summed E-state index contributed by atoms with van der Waals surface area (Å²) in [7, 11) is -3.98. The summed E-state index contributed by atoms with van der Waals surface area (Å²) in [5, 5.41) is 6.59. The third-order valence-corrected chi connectivity index (χ3v) is 8.59. The van der Waals surface area contributed by atoms with E-state index in [0.717, 1.165) is 19.4 Å². The fourth-order valence-corrected chi connectivity index (χ4v) is 6.27. The third kappa shape index (κ3) is 6.03. The van der Waals surface area contributed by atoms with Gasteiger partial charge >= 0.3 is 0 Å². The van der Waals surface area contributed by atoms with Gasteiger partial charge in [0.25, 0.3) is 5.91 Å². The fraction of sp³-hybridized carbons (Fsp3) is 0.440. The first-order valence-corrected chi connectivity index (χ1v) is 13.7. The van der Waals surface area contributed by atoms with E-state index in [1.165, 1.54) is 28.6 Å². The molecule has 2 aromatic carbocycles. The summed E-state index contributed by atoms with van der Waals surface area (Å²) in [5.74, 6) is -0.335. The monoisotopic (exact) mass is 518 g/mol. The lowest BCUT2D eigenvalue weighted by atomic mass is 10.1. The van der Waals surface area contributed by atoms with Crippen LogP contribution in [-0.2, 0) is 21.4 Å². The zero-order chi connectivity index (χ0) is 25.0. The molecule has 35 heavy (non-hydrogen) atoms. The van der Waals surface area contributed by atoms with Crippen molar-refractivity contribution in [1.29, 1.82) is 0 Å². The van der Waals surface area contributed by atoms with E-state index in [4.69, 9.17) is 11.6 Å². The minimum absolute atomic E-state index is 0.0161. The Morgan fingerprint density at radius 2 is 1.80 bits per heavy atom. The number of benzene rings is 2. The van der Waals surface area contributed by atoms with E-state index in [-0.39, 0.29) is 29.3 Å². The number of hydrogen-bond donors (Lipinski definition) is 2. The molecule has 0 aliphatic carbocycles. The molecule has 2 heterocycles. The molecular weight excluding hydrogens is 488 g/mol. The smallest absolute Gasteiger partial charge is 0.253 e. The molecule has 188 valence electrons. The largest absolute Gasteiger partial charge is 0.355 e. The number of nitrogens with zero attached hydrogens (tertiary/aromatic N) is 2. The molecule has 4 rings (SSSR count). The Labute approximate surface area is 211 Å². The van der Waals surface area contributed by atoms with Gasteiger partial charge in [-0.15, -0.1) is 0 Å². The van der Waals surface area contributed by atoms with E-state index in [1.54, 1.807) is 24.3 Å². The molecule has 10 heteroatoms. The third-order valence-electron chi connectivity index (χ3n) is 6.47. The Balaban J connectivity index is 1.60. The summed E-state index contributed by atoms with van der Waals surface area (Å²) in [5.41, 5.74) is 1.26. The average molecular weight is 519 g/mol. The van der Waals surface area contributed by atoms with Crippen LogP contribution in [0.5, 0.6) is 0 Å². The van der Waals surface area contributed by atoms with E-state index in [1.807, 2.05) is 11.8 Å². The first-order chi connectivity index (χ1) is 16.8. The predicted molar refractivity (Wildman–Crippen MR) is 135 cm³/mol. The molecule has 1 unspecified atom stereocenters. The number of rotatable bonds is 6. The van der Waals surface area contributed by atoms with Crippen LogP contribution < -0.4 is 10.6 Å². The van der Waals surface area contributed by atoms with Gasteiger partial charge in [-0.2, -0.15) is 4.31 Å². The number of nitrogens with one attached hydrogen (secondary N) is 2. The standard InChI is InChI=1S/C25H31ClN4O4S/c1-18-16-29(15-14-27-18)25(32)20-7-5-19(6-8-20)17-30(23-4-2-3-13-28-24(23)31)35(33,34)22-11-9-21(26)10-12-22/h5-12,18,23,27H,2-4,13-17H2,1H3,(H,28,31)/t18?,23-/m1/s1. The van der Waals surface area contributed by atoms with Crippen molar-refractivity contribution in [3.05, 3.63) is 64.7 Å². The highest BCUT2D eigenvalue weighted by Crippen LogP contribution is 2.26. The molecule has 2 N–H and O–H groups in total. The predicted octanol–water partition coefficient (Wildman–Crippen LogP) is 2.63. The van der Waals surface area contributed by atoms with Gasteiger partial charge in [0.15, 0.2) is 0 Å². The molecule has 2 saturated heterocycles. The molecule has 8 nitrogen and oxygen atoms in total. The van der Waals surface area contributed by atoms with E-state index >= 15 is 0 Å². The zero-order valence-electron chi connectivity index (χ0n) is 19.7. The van der Waals surface area contributed by atoms with Gasteiger partial charge in [0, 0.05) is 49.4 Å². The van der Waals surface area contributed by atoms with Crippen molar-refractivity contribution >= 4 is 33.4 Å². The van der Waals surface area contributed by atoms with Crippen LogP contribution in [-0.4, -0.2) is 67.7 Å². The van der Waals surface area contributed by atoms with Crippen LogP contribution in [0.1, 0.15) is 42.1 Å². The van der Waals surface area contributed by atoms with Crippen LogP contribution in [0.4, 0.5) is 0 Å². The first kappa shape index (κ1) is 25.6. The average Bonchev–Trinajstić information content (AvgIpc) is 3.06. The highest BCUT2D eigenvalue weighted by molar-refractivity contribution is 7.89. The highest BCUT2D eigenvalue weighted by atomic mass is 35.5. The number of carbonyl (C=O) groups excluding carboxylic acids is 2. The summed E-state index contributed by atoms with van der Waals surface area (Å²) < 4.78 is 28.6. The summed E-state index contributed by atoms with van der Waals surface area (Å²) in [4.78, 5) is 27.6. The number of piperazine rings is 1. The van der Waals surface area contributed by atoms with Gasteiger partial charge in [0.1, 0.15) is 6.04 Å². The summed E-state index contributed by atoms with van der Waals surface area (Å²) in [6.07, 6.45) is 1.99. The number of amides is 2. The minimum Gasteiger partial charge on any atom is -0.355 e. The molecular formula is C25H31ClN4O4S. The zero-order valence-corrected chi connectivity index (χ0v) is 21.3. The van der Waals surface area contributed by atoms with Crippen LogP contribution >= 0.6 is 11.6 Å². The van der Waals surface area contributed by atoms with Gasteiger partial charge in [-0.1, -0.05) is 23.7 Å². The maximum absolute atomic E-state index is 13.7. The quantitative estimate of drug-likeness (QED) is 0.612. The lowest BCUT2D eigenvalue weighted by Crippen LogP contribution is -2.51. The number of halogens is 1. The van der Waals surface area contributed by atoms with Crippen molar-refractivity contribution in [2.75, 3.05) is 26.2 Å². The van der Waals surface area contributed by atoms with Gasteiger partial charge in [-0.05, 0) is 68.1 Å². The number of carbonyl (C=O) groups is 2. The molecule has 0 radical (unpaired) electrons. The second-order valence-corrected chi connectivity index (χ2v) is 11.4. The SMILES string of the molecule is CC1CN(C(=O)c2ccc(CN([C@@H]3CCCCNC3=O)S(=O)(=O)c3ccc(Cl)cc3)cc2)CCN1. The Morgan fingerprint density at radius 1 is 1.09 bits per heavy atom. The lowest BCUT2D eigenvalue weighted by molar-refractivity contribution is -0.124. The van der Waals surface area contributed by atoms with Gasteiger partial charge in [0.05, 0.1) is 4.90 Å². The minimum atomic E-state index is -3.98. The Kier molecular flexibility index (Phi) is 8.11. The van der Waals surface area contributed by atoms with Gasteiger partial charge in [-0.3, -0.25) is 9.59 Å². The maximum Gasteiger partial charge on any atom is 0.253 e. The van der Waals surface area contributed by atoms with E-state index < -0.39 is 16.1 Å². The van der Waals surface area contributed by atoms with Crippen LogP contribution in [0.25, 0.3) is 0 Å². The Bertz CT molecular complexity index is 1150. The second kappa shape index (κ2) is 11.1.